The second kappa shape index (κ2) is 8.45. The molecule has 2 heterocycles. The molecule has 1 aliphatic rings. The number of nitrogens with one attached hydrogen (secondary N) is 1. The predicted molar refractivity (Wildman–Crippen MR) is 121 cm³/mol. The lowest BCUT2D eigenvalue weighted by atomic mass is 10.1. The Hall–Kier alpha value is -2.90. The van der Waals surface area contributed by atoms with E-state index in [1.165, 1.54) is 11.8 Å². The molecule has 0 unspecified atom stereocenters. The van der Waals surface area contributed by atoms with E-state index in [1.807, 2.05) is 82.7 Å². The highest BCUT2D eigenvalue weighted by atomic mass is 32.2. The molecule has 0 spiro atoms. The summed E-state index contributed by atoms with van der Waals surface area (Å²) < 4.78 is 2.04. The molecule has 5 rings (SSSR count). The first kappa shape index (κ1) is 19.1. The van der Waals surface area contributed by atoms with Gasteiger partial charge in [-0.25, -0.2) is 0 Å². The van der Waals surface area contributed by atoms with Gasteiger partial charge >= 0.3 is 0 Å². The van der Waals surface area contributed by atoms with Gasteiger partial charge in [0, 0.05) is 11.7 Å². The first-order chi connectivity index (χ1) is 14.8. The number of hydrogen-bond donors (Lipinski definition) is 1. The highest BCUT2D eigenvalue weighted by Crippen LogP contribution is 2.38. The highest BCUT2D eigenvalue weighted by Gasteiger charge is 2.31. The summed E-state index contributed by atoms with van der Waals surface area (Å²) in [4.78, 5) is 14.1. The minimum absolute atomic E-state index is 0.0222. The number of hydrogen-bond acceptors (Lipinski definition) is 5. The van der Waals surface area contributed by atoms with Gasteiger partial charge in [0.05, 0.1) is 4.88 Å². The molecule has 1 aliphatic carbocycles. The highest BCUT2D eigenvalue weighted by molar-refractivity contribution is 8.00. The van der Waals surface area contributed by atoms with Crippen LogP contribution in [0, 0.1) is 0 Å². The van der Waals surface area contributed by atoms with Gasteiger partial charge < -0.3 is 5.32 Å². The number of carbonyl (C=O) groups excluding carboxylic acids is 1. The Balaban J connectivity index is 1.56. The number of aromatic nitrogens is 3. The van der Waals surface area contributed by atoms with E-state index in [2.05, 4.69) is 15.5 Å². The minimum atomic E-state index is -0.394. The molecule has 0 bridgehead atoms. The van der Waals surface area contributed by atoms with E-state index >= 15 is 0 Å². The van der Waals surface area contributed by atoms with Crippen molar-refractivity contribution in [3.05, 3.63) is 83.7 Å². The SMILES string of the molecule is O=C(NC1CC1)[C@H](Sc1nnc(-c2cccs2)n1-c1ccccc1)c1ccccc1. The second-order valence-corrected chi connectivity index (χ2v) is 9.17. The van der Waals surface area contributed by atoms with Gasteiger partial charge in [-0.05, 0) is 42.0 Å². The van der Waals surface area contributed by atoms with Crippen molar-refractivity contribution < 1.29 is 4.79 Å². The van der Waals surface area contributed by atoms with Gasteiger partial charge in [0.2, 0.25) is 5.91 Å². The molecule has 7 heteroatoms. The molecule has 150 valence electrons. The molecule has 2 aromatic carbocycles. The largest absolute Gasteiger partial charge is 0.352 e. The van der Waals surface area contributed by atoms with E-state index in [0.29, 0.717) is 11.2 Å². The van der Waals surface area contributed by atoms with Gasteiger partial charge in [0.25, 0.3) is 0 Å². The summed E-state index contributed by atoms with van der Waals surface area (Å²) in [6.07, 6.45) is 2.11. The van der Waals surface area contributed by atoms with E-state index in [4.69, 9.17) is 0 Å². The number of nitrogens with zero attached hydrogens (tertiary/aromatic N) is 3. The Morgan fingerprint density at radius 2 is 1.73 bits per heavy atom. The van der Waals surface area contributed by atoms with Gasteiger partial charge in [0.15, 0.2) is 11.0 Å². The molecule has 1 fully saturated rings. The Morgan fingerprint density at radius 3 is 2.40 bits per heavy atom. The third-order valence-electron chi connectivity index (χ3n) is 4.88. The lowest BCUT2D eigenvalue weighted by molar-refractivity contribution is -0.120. The van der Waals surface area contributed by atoms with Crippen molar-refractivity contribution in [2.75, 3.05) is 0 Å². The average Bonchev–Trinajstić information content (AvgIpc) is 3.27. The molecule has 1 amide bonds. The van der Waals surface area contributed by atoms with Crippen molar-refractivity contribution in [1.29, 1.82) is 0 Å². The summed E-state index contributed by atoms with van der Waals surface area (Å²) in [6.45, 7) is 0. The van der Waals surface area contributed by atoms with Crippen molar-refractivity contribution in [1.82, 2.24) is 20.1 Å². The third kappa shape index (κ3) is 4.04. The predicted octanol–water partition coefficient (Wildman–Crippen LogP) is 5.11. The maximum Gasteiger partial charge on any atom is 0.238 e. The van der Waals surface area contributed by atoms with Crippen LogP contribution in [0.1, 0.15) is 23.7 Å². The standard InChI is InChI=1S/C23H20N4OS2/c28-22(24-17-13-14-17)20(16-8-3-1-4-9-16)30-23-26-25-21(19-12-7-15-29-19)27(23)18-10-5-2-6-11-18/h1-12,15,17,20H,13-14H2,(H,24,28)/t20-/m1/s1. The number of carbonyl (C=O) groups is 1. The van der Waals surface area contributed by atoms with E-state index in [-0.39, 0.29) is 5.91 Å². The maximum atomic E-state index is 13.1. The molecule has 4 aromatic rings. The van der Waals surface area contributed by atoms with Crippen LogP contribution in [0.5, 0.6) is 0 Å². The van der Waals surface area contributed by atoms with Crippen LogP contribution in [-0.4, -0.2) is 26.7 Å². The van der Waals surface area contributed by atoms with Crippen LogP contribution in [0.25, 0.3) is 16.4 Å². The van der Waals surface area contributed by atoms with Crippen LogP contribution in [0.2, 0.25) is 0 Å². The Labute approximate surface area is 183 Å². The number of benzene rings is 2. The zero-order valence-corrected chi connectivity index (χ0v) is 17.8. The summed E-state index contributed by atoms with van der Waals surface area (Å²) in [7, 11) is 0. The number of para-hydroxylation sites is 1. The normalized spacial score (nSPS) is 14.4. The Kier molecular flexibility index (Phi) is 5.38. The fourth-order valence-corrected chi connectivity index (χ4v) is 4.99. The number of thioether (sulfide) groups is 1. The van der Waals surface area contributed by atoms with Gasteiger partial charge in [-0.2, -0.15) is 0 Å². The summed E-state index contributed by atoms with van der Waals surface area (Å²) in [6, 6.07) is 24.3. The molecule has 0 aliphatic heterocycles. The van der Waals surface area contributed by atoms with E-state index in [0.717, 1.165) is 34.8 Å². The summed E-state index contributed by atoms with van der Waals surface area (Å²) in [5, 5.41) is 14.5. The van der Waals surface area contributed by atoms with Crippen molar-refractivity contribution in [2.45, 2.75) is 29.3 Å². The third-order valence-corrected chi connectivity index (χ3v) is 6.94. The fraction of sp³-hybridized carbons (Fsp3) is 0.174. The first-order valence-corrected chi connectivity index (χ1v) is 11.6. The smallest absolute Gasteiger partial charge is 0.238 e. The molecule has 1 N–H and O–H groups in total. The van der Waals surface area contributed by atoms with Gasteiger partial charge in [-0.15, -0.1) is 21.5 Å². The molecule has 1 atom stereocenters. The van der Waals surface area contributed by atoms with Crippen molar-refractivity contribution in [3.8, 4) is 16.4 Å². The number of thiophene rings is 1. The molecule has 0 radical (unpaired) electrons. The van der Waals surface area contributed by atoms with Gasteiger partial charge in [-0.1, -0.05) is 66.4 Å². The molecule has 30 heavy (non-hydrogen) atoms. The molecule has 1 saturated carbocycles. The van der Waals surface area contributed by atoms with Crippen LogP contribution in [0.4, 0.5) is 0 Å². The number of rotatable bonds is 7. The van der Waals surface area contributed by atoms with Crippen molar-refractivity contribution >= 4 is 29.0 Å². The Morgan fingerprint density at radius 1 is 1.00 bits per heavy atom. The van der Waals surface area contributed by atoms with Crippen LogP contribution in [0.15, 0.2) is 83.3 Å². The lowest BCUT2D eigenvalue weighted by Crippen LogP contribution is -2.29. The minimum Gasteiger partial charge on any atom is -0.352 e. The van der Waals surface area contributed by atoms with Crippen molar-refractivity contribution in [3.63, 3.8) is 0 Å². The monoisotopic (exact) mass is 432 g/mol. The quantitative estimate of drug-likeness (QED) is 0.412. The van der Waals surface area contributed by atoms with E-state index < -0.39 is 5.25 Å². The summed E-state index contributed by atoms with van der Waals surface area (Å²) >= 11 is 3.07. The average molecular weight is 433 g/mol. The molecular weight excluding hydrogens is 412 g/mol. The topological polar surface area (TPSA) is 59.8 Å². The van der Waals surface area contributed by atoms with Crippen LogP contribution < -0.4 is 5.32 Å². The molecule has 0 saturated heterocycles. The van der Waals surface area contributed by atoms with E-state index in [1.54, 1.807) is 11.3 Å². The zero-order chi connectivity index (χ0) is 20.3. The number of amides is 1. The lowest BCUT2D eigenvalue weighted by Gasteiger charge is -2.17. The summed E-state index contributed by atoms with van der Waals surface area (Å²) in [5.74, 6) is 0.807. The zero-order valence-electron chi connectivity index (χ0n) is 16.1. The second-order valence-electron chi connectivity index (χ2n) is 7.15. The van der Waals surface area contributed by atoms with E-state index in [9.17, 15) is 4.79 Å². The van der Waals surface area contributed by atoms with Crippen LogP contribution >= 0.6 is 23.1 Å². The van der Waals surface area contributed by atoms with Crippen LogP contribution in [0.3, 0.4) is 0 Å². The molecular formula is C23H20N4OS2. The van der Waals surface area contributed by atoms with Gasteiger partial charge in [-0.3, -0.25) is 9.36 Å². The Bertz CT molecular complexity index is 1120. The van der Waals surface area contributed by atoms with Gasteiger partial charge in [0.1, 0.15) is 5.25 Å². The summed E-state index contributed by atoms with van der Waals surface area (Å²) in [5.41, 5.74) is 1.93. The maximum absolute atomic E-state index is 13.1. The molecule has 2 aromatic heterocycles. The molecule has 5 nitrogen and oxygen atoms in total. The van der Waals surface area contributed by atoms with Crippen molar-refractivity contribution in [2.24, 2.45) is 0 Å². The first-order valence-electron chi connectivity index (χ1n) is 9.86. The fourth-order valence-electron chi connectivity index (χ4n) is 3.23. The van der Waals surface area contributed by atoms with Crippen LogP contribution in [-0.2, 0) is 4.79 Å².